The highest BCUT2D eigenvalue weighted by molar-refractivity contribution is 7.89. The van der Waals surface area contributed by atoms with Crippen LogP contribution in [-0.4, -0.2) is 39.4 Å². The molecule has 6 nitrogen and oxygen atoms in total. The van der Waals surface area contributed by atoms with E-state index in [9.17, 15) is 13.5 Å². The molecular formula is C13H17ClN2O4S. The van der Waals surface area contributed by atoms with Gasteiger partial charge in [0.05, 0.1) is 22.3 Å². The maximum absolute atomic E-state index is 12.2. The summed E-state index contributed by atoms with van der Waals surface area (Å²) in [6.07, 6.45) is 0.285. The van der Waals surface area contributed by atoms with E-state index in [2.05, 4.69) is 4.72 Å². The lowest BCUT2D eigenvalue weighted by Gasteiger charge is -2.23. The van der Waals surface area contributed by atoms with Crippen LogP contribution < -0.4 is 4.72 Å². The largest absolute Gasteiger partial charge is 0.389 e. The number of rotatable bonds is 7. The van der Waals surface area contributed by atoms with Gasteiger partial charge in [-0.2, -0.15) is 5.26 Å². The van der Waals surface area contributed by atoms with Crippen molar-refractivity contribution in [2.24, 2.45) is 0 Å². The molecule has 21 heavy (non-hydrogen) atoms. The number of sulfonamides is 1. The van der Waals surface area contributed by atoms with Gasteiger partial charge >= 0.3 is 0 Å². The van der Waals surface area contributed by atoms with Crippen LogP contribution in [0.15, 0.2) is 23.1 Å². The minimum Gasteiger partial charge on any atom is -0.389 e. The molecule has 0 aliphatic carbocycles. The van der Waals surface area contributed by atoms with Gasteiger partial charge in [0, 0.05) is 26.7 Å². The average molecular weight is 333 g/mol. The first-order valence-electron chi connectivity index (χ1n) is 6.12. The summed E-state index contributed by atoms with van der Waals surface area (Å²) in [5.41, 5.74) is -0.964. The van der Waals surface area contributed by atoms with Crippen molar-refractivity contribution in [3.05, 3.63) is 28.8 Å². The summed E-state index contributed by atoms with van der Waals surface area (Å²) in [5.74, 6) is 0. The fraction of sp³-hybridized carbons (Fsp3) is 0.462. The molecule has 0 bridgehead atoms. The van der Waals surface area contributed by atoms with Gasteiger partial charge in [-0.1, -0.05) is 11.6 Å². The van der Waals surface area contributed by atoms with E-state index < -0.39 is 15.6 Å². The summed E-state index contributed by atoms with van der Waals surface area (Å²) in [6.45, 7) is 1.65. The van der Waals surface area contributed by atoms with Crippen LogP contribution >= 0.6 is 11.6 Å². The van der Waals surface area contributed by atoms with Crippen molar-refractivity contribution in [2.45, 2.75) is 23.8 Å². The molecule has 1 aromatic rings. The SMILES string of the molecule is COCCC(C)(O)CNS(=O)(=O)c1ccc(C#N)cc1Cl. The molecule has 0 amide bonds. The Kier molecular flexibility index (Phi) is 6.13. The van der Waals surface area contributed by atoms with E-state index >= 15 is 0 Å². The van der Waals surface area contributed by atoms with E-state index in [4.69, 9.17) is 21.6 Å². The minimum atomic E-state index is -3.87. The molecule has 2 N–H and O–H groups in total. The maximum atomic E-state index is 12.2. The number of benzene rings is 1. The Morgan fingerprint density at radius 1 is 1.52 bits per heavy atom. The lowest BCUT2D eigenvalue weighted by molar-refractivity contribution is 0.0292. The Bertz CT molecular complexity index is 638. The number of halogens is 1. The summed E-state index contributed by atoms with van der Waals surface area (Å²) >= 11 is 5.87. The van der Waals surface area contributed by atoms with Gasteiger partial charge in [0.2, 0.25) is 10.0 Å². The Balaban J connectivity index is 2.86. The van der Waals surface area contributed by atoms with Crippen LogP contribution in [0.2, 0.25) is 5.02 Å². The van der Waals surface area contributed by atoms with Crippen molar-refractivity contribution < 1.29 is 18.3 Å². The topological polar surface area (TPSA) is 99.4 Å². The monoisotopic (exact) mass is 332 g/mol. The molecule has 1 aromatic carbocycles. The van der Waals surface area contributed by atoms with Crippen molar-refractivity contribution in [1.82, 2.24) is 4.72 Å². The van der Waals surface area contributed by atoms with Crippen LogP contribution in [0, 0.1) is 11.3 Å². The van der Waals surface area contributed by atoms with E-state index in [0.29, 0.717) is 6.61 Å². The van der Waals surface area contributed by atoms with Gasteiger partial charge in [-0.25, -0.2) is 13.1 Å². The minimum absolute atomic E-state index is 0.0434. The Hall–Kier alpha value is -1.17. The first-order chi connectivity index (χ1) is 9.72. The molecule has 0 fully saturated rings. The molecule has 0 heterocycles. The van der Waals surface area contributed by atoms with Crippen LogP contribution in [0.4, 0.5) is 0 Å². The predicted molar refractivity (Wildman–Crippen MR) is 78.5 cm³/mol. The van der Waals surface area contributed by atoms with Crippen molar-refractivity contribution in [2.75, 3.05) is 20.3 Å². The van der Waals surface area contributed by atoms with Gasteiger partial charge < -0.3 is 9.84 Å². The summed E-state index contributed by atoms with van der Waals surface area (Å²) < 4.78 is 31.5. The number of hydrogen-bond donors (Lipinski definition) is 2. The molecule has 0 saturated heterocycles. The summed E-state index contributed by atoms with van der Waals surface area (Å²) in [7, 11) is -2.37. The molecule has 0 aliphatic rings. The maximum Gasteiger partial charge on any atom is 0.242 e. The summed E-state index contributed by atoms with van der Waals surface area (Å²) in [6, 6.07) is 5.77. The molecule has 0 radical (unpaired) electrons. The highest BCUT2D eigenvalue weighted by Crippen LogP contribution is 2.22. The quantitative estimate of drug-likeness (QED) is 0.783. The van der Waals surface area contributed by atoms with E-state index in [1.54, 1.807) is 0 Å². The lowest BCUT2D eigenvalue weighted by atomic mass is 10.0. The number of nitriles is 1. The second kappa shape index (κ2) is 7.20. The molecule has 1 atom stereocenters. The average Bonchev–Trinajstić information content (AvgIpc) is 2.43. The lowest BCUT2D eigenvalue weighted by Crippen LogP contribution is -2.41. The second-order valence-electron chi connectivity index (χ2n) is 4.82. The molecule has 1 rings (SSSR count). The first-order valence-corrected chi connectivity index (χ1v) is 7.98. The van der Waals surface area contributed by atoms with Crippen LogP contribution in [0.5, 0.6) is 0 Å². The summed E-state index contributed by atoms with van der Waals surface area (Å²) in [4.78, 5) is -0.134. The van der Waals surface area contributed by atoms with Crippen LogP contribution in [0.25, 0.3) is 0 Å². The van der Waals surface area contributed by atoms with E-state index in [1.807, 2.05) is 6.07 Å². The zero-order chi connectivity index (χ0) is 16.1. The summed E-state index contributed by atoms with van der Waals surface area (Å²) in [5, 5.41) is 18.7. The third-order valence-corrected chi connectivity index (χ3v) is 4.72. The van der Waals surface area contributed by atoms with Crippen LogP contribution in [0.3, 0.4) is 0 Å². The Morgan fingerprint density at radius 2 is 2.19 bits per heavy atom. The van der Waals surface area contributed by atoms with E-state index in [0.717, 1.165) is 0 Å². The van der Waals surface area contributed by atoms with Crippen molar-refractivity contribution in [1.29, 1.82) is 5.26 Å². The molecule has 8 heteroatoms. The second-order valence-corrected chi connectivity index (χ2v) is 6.96. The van der Waals surface area contributed by atoms with Gasteiger partial charge in [-0.05, 0) is 25.1 Å². The van der Waals surface area contributed by atoms with Gasteiger partial charge in [0.1, 0.15) is 4.90 Å². The fourth-order valence-corrected chi connectivity index (χ4v) is 3.23. The van der Waals surface area contributed by atoms with Crippen molar-refractivity contribution in [3.63, 3.8) is 0 Å². The molecule has 0 spiro atoms. The highest BCUT2D eigenvalue weighted by atomic mass is 35.5. The molecule has 0 aromatic heterocycles. The Morgan fingerprint density at radius 3 is 2.71 bits per heavy atom. The van der Waals surface area contributed by atoms with Gasteiger partial charge in [-0.15, -0.1) is 0 Å². The van der Waals surface area contributed by atoms with E-state index in [-0.39, 0.29) is 28.4 Å². The van der Waals surface area contributed by atoms with Crippen molar-refractivity contribution >= 4 is 21.6 Å². The van der Waals surface area contributed by atoms with Gasteiger partial charge in [-0.3, -0.25) is 0 Å². The smallest absolute Gasteiger partial charge is 0.242 e. The molecule has 116 valence electrons. The number of nitrogens with one attached hydrogen (secondary N) is 1. The fourth-order valence-electron chi connectivity index (χ4n) is 1.53. The number of hydrogen-bond acceptors (Lipinski definition) is 5. The Labute approximate surface area is 129 Å². The van der Waals surface area contributed by atoms with Gasteiger partial charge in [0.25, 0.3) is 0 Å². The zero-order valence-corrected chi connectivity index (χ0v) is 13.3. The standard InChI is InChI=1S/C13H17ClN2O4S/c1-13(17,5-6-20-2)9-16-21(18,19)12-4-3-10(8-15)7-11(12)14/h3-4,7,16-17H,5-6,9H2,1-2H3. The van der Waals surface area contributed by atoms with Crippen LogP contribution in [0.1, 0.15) is 18.9 Å². The third-order valence-electron chi connectivity index (χ3n) is 2.84. The normalized spacial score (nSPS) is 14.4. The molecular weight excluding hydrogens is 316 g/mol. The zero-order valence-electron chi connectivity index (χ0n) is 11.8. The highest BCUT2D eigenvalue weighted by Gasteiger charge is 2.25. The molecule has 0 aliphatic heterocycles. The molecule has 0 saturated carbocycles. The van der Waals surface area contributed by atoms with Gasteiger partial charge in [0.15, 0.2) is 0 Å². The number of nitrogens with zero attached hydrogens (tertiary/aromatic N) is 1. The molecule has 1 unspecified atom stereocenters. The number of ether oxygens (including phenoxy) is 1. The number of methoxy groups -OCH3 is 1. The van der Waals surface area contributed by atoms with Crippen LogP contribution in [-0.2, 0) is 14.8 Å². The van der Waals surface area contributed by atoms with E-state index in [1.165, 1.54) is 32.2 Å². The van der Waals surface area contributed by atoms with Crippen molar-refractivity contribution in [3.8, 4) is 6.07 Å². The first kappa shape index (κ1) is 17.9. The number of aliphatic hydroxyl groups is 1. The predicted octanol–water partition coefficient (Wildman–Crippen LogP) is 1.28. The third kappa shape index (κ3) is 5.26.